The second-order valence-electron chi connectivity index (χ2n) is 3.56. The Morgan fingerprint density at radius 3 is 2.83 bits per heavy atom. The number of nitrogens with zero attached hydrogens (tertiary/aromatic N) is 3. The highest BCUT2D eigenvalue weighted by Gasteiger charge is 2.10. The first-order valence-corrected chi connectivity index (χ1v) is 6.18. The van der Waals surface area contributed by atoms with Crippen LogP contribution in [0, 0.1) is 0 Å². The van der Waals surface area contributed by atoms with Crippen molar-refractivity contribution in [3.8, 4) is 10.7 Å². The Labute approximate surface area is 110 Å². The Morgan fingerprint density at radius 1 is 1.33 bits per heavy atom. The first kappa shape index (κ1) is 11.2. The summed E-state index contributed by atoms with van der Waals surface area (Å²) in [7, 11) is 0. The Bertz CT molecular complexity index is 750. The van der Waals surface area contributed by atoms with Crippen LogP contribution in [0.25, 0.3) is 16.3 Å². The molecule has 0 fully saturated rings. The summed E-state index contributed by atoms with van der Waals surface area (Å²) in [6.45, 7) is 0. The number of rotatable bonds is 2. The summed E-state index contributed by atoms with van der Waals surface area (Å²) in [5.74, 6) is -0.456. The van der Waals surface area contributed by atoms with Crippen LogP contribution in [0.15, 0.2) is 30.5 Å². The fourth-order valence-electron chi connectivity index (χ4n) is 1.55. The standard InChI is InChI=1S/C11H6ClN3O2S/c12-8-3-2-7(18-8)10-13-9-4-1-6(11(16)17)5-15(9)14-10/h1-5H,(H,16,17). The van der Waals surface area contributed by atoms with E-state index in [1.807, 2.05) is 6.07 Å². The van der Waals surface area contributed by atoms with Gasteiger partial charge in [0.25, 0.3) is 0 Å². The van der Waals surface area contributed by atoms with Gasteiger partial charge in [-0.15, -0.1) is 16.4 Å². The number of carboxylic acids is 1. The van der Waals surface area contributed by atoms with Crippen molar-refractivity contribution in [1.29, 1.82) is 0 Å². The van der Waals surface area contributed by atoms with E-state index < -0.39 is 5.97 Å². The molecule has 3 rings (SSSR count). The fourth-order valence-corrected chi connectivity index (χ4v) is 2.52. The van der Waals surface area contributed by atoms with Crippen LogP contribution < -0.4 is 0 Å². The maximum Gasteiger partial charge on any atom is 0.337 e. The number of aromatic carboxylic acids is 1. The zero-order chi connectivity index (χ0) is 12.7. The fraction of sp³-hybridized carbons (Fsp3) is 0. The van der Waals surface area contributed by atoms with E-state index in [-0.39, 0.29) is 5.56 Å². The third kappa shape index (κ3) is 1.85. The molecule has 90 valence electrons. The quantitative estimate of drug-likeness (QED) is 0.783. The zero-order valence-electron chi connectivity index (χ0n) is 8.87. The van der Waals surface area contributed by atoms with Gasteiger partial charge in [-0.2, -0.15) is 0 Å². The van der Waals surface area contributed by atoms with Gasteiger partial charge in [0, 0.05) is 6.20 Å². The molecule has 7 heteroatoms. The van der Waals surface area contributed by atoms with Crippen LogP contribution in [0.1, 0.15) is 10.4 Å². The number of hydrogen-bond acceptors (Lipinski definition) is 4. The molecule has 0 radical (unpaired) electrons. The molecule has 18 heavy (non-hydrogen) atoms. The molecule has 0 aliphatic carbocycles. The van der Waals surface area contributed by atoms with Crippen LogP contribution in [0.4, 0.5) is 0 Å². The number of carbonyl (C=O) groups is 1. The monoisotopic (exact) mass is 279 g/mol. The van der Waals surface area contributed by atoms with E-state index in [1.54, 1.807) is 12.1 Å². The highest BCUT2D eigenvalue weighted by Crippen LogP contribution is 2.29. The average molecular weight is 280 g/mol. The number of halogens is 1. The molecule has 3 heterocycles. The van der Waals surface area contributed by atoms with Gasteiger partial charge in [-0.1, -0.05) is 11.6 Å². The number of carboxylic acid groups (broad SMARTS) is 1. The Balaban J connectivity index is 2.13. The molecule has 0 aliphatic rings. The minimum Gasteiger partial charge on any atom is -0.478 e. The molecule has 0 unspecified atom stereocenters. The van der Waals surface area contributed by atoms with Crippen molar-refractivity contribution < 1.29 is 9.90 Å². The second-order valence-corrected chi connectivity index (χ2v) is 5.28. The highest BCUT2D eigenvalue weighted by molar-refractivity contribution is 7.19. The van der Waals surface area contributed by atoms with Crippen molar-refractivity contribution in [2.45, 2.75) is 0 Å². The third-order valence-corrected chi connectivity index (χ3v) is 3.60. The predicted octanol–water partition coefficient (Wildman–Crippen LogP) is 2.81. The normalized spacial score (nSPS) is 10.9. The molecule has 5 nitrogen and oxygen atoms in total. The second kappa shape index (κ2) is 4.08. The summed E-state index contributed by atoms with van der Waals surface area (Å²) in [6, 6.07) is 6.72. The zero-order valence-corrected chi connectivity index (χ0v) is 10.4. The van der Waals surface area contributed by atoms with Crippen LogP contribution in [0.3, 0.4) is 0 Å². The lowest BCUT2D eigenvalue weighted by molar-refractivity contribution is 0.0696. The lowest BCUT2D eigenvalue weighted by atomic mass is 10.3. The molecule has 3 aromatic rings. The predicted molar refractivity (Wildman–Crippen MR) is 68.3 cm³/mol. The SMILES string of the molecule is O=C(O)c1ccc2nc(-c3ccc(Cl)s3)nn2c1. The molecule has 0 aromatic carbocycles. The summed E-state index contributed by atoms with van der Waals surface area (Å²) >= 11 is 7.23. The van der Waals surface area contributed by atoms with E-state index in [2.05, 4.69) is 10.1 Å². The summed E-state index contributed by atoms with van der Waals surface area (Å²) in [6.07, 6.45) is 1.43. The lowest BCUT2D eigenvalue weighted by Gasteiger charge is -1.93. The minimum absolute atomic E-state index is 0.170. The van der Waals surface area contributed by atoms with E-state index in [9.17, 15) is 4.79 Å². The van der Waals surface area contributed by atoms with Crippen LogP contribution >= 0.6 is 22.9 Å². The highest BCUT2D eigenvalue weighted by atomic mass is 35.5. The number of pyridine rings is 1. The molecule has 1 N–H and O–H groups in total. The van der Waals surface area contributed by atoms with Crippen molar-refractivity contribution in [3.63, 3.8) is 0 Å². The van der Waals surface area contributed by atoms with Gasteiger partial charge in [0.05, 0.1) is 14.8 Å². The van der Waals surface area contributed by atoms with E-state index in [1.165, 1.54) is 28.1 Å². The van der Waals surface area contributed by atoms with Gasteiger partial charge in [-0.3, -0.25) is 0 Å². The summed E-state index contributed by atoms with van der Waals surface area (Å²) in [4.78, 5) is 16.0. The van der Waals surface area contributed by atoms with Crippen molar-refractivity contribution >= 4 is 34.6 Å². The van der Waals surface area contributed by atoms with E-state index in [4.69, 9.17) is 16.7 Å². The topological polar surface area (TPSA) is 67.5 Å². The summed E-state index contributed by atoms with van der Waals surface area (Å²) in [5.41, 5.74) is 0.766. The van der Waals surface area contributed by atoms with Crippen LogP contribution in [0.2, 0.25) is 4.34 Å². The summed E-state index contributed by atoms with van der Waals surface area (Å²) in [5, 5.41) is 13.1. The Morgan fingerprint density at radius 2 is 2.17 bits per heavy atom. The van der Waals surface area contributed by atoms with E-state index in [0.717, 1.165) is 4.88 Å². The lowest BCUT2D eigenvalue weighted by Crippen LogP contribution is -1.99. The first-order chi connectivity index (χ1) is 8.63. The molecule has 3 aromatic heterocycles. The number of thiophene rings is 1. The van der Waals surface area contributed by atoms with Crippen molar-refractivity contribution in [1.82, 2.24) is 14.6 Å². The number of aromatic nitrogens is 3. The molecule has 0 bridgehead atoms. The van der Waals surface area contributed by atoms with Gasteiger partial charge in [-0.05, 0) is 24.3 Å². The molecular formula is C11H6ClN3O2S. The first-order valence-electron chi connectivity index (χ1n) is 4.99. The van der Waals surface area contributed by atoms with Crippen molar-refractivity contribution in [3.05, 3.63) is 40.4 Å². The number of hydrogen-bond donors (Lipinski definition) is 1. The molecule has 0 amide bonds. The van der Waals surface area contributed by atoms with Gasteiger partial charge < -0.3 is 5.11 Å². The number of fused-ring (bicyclic) bond motifs is 1. The average Bonchev–Trinajstić information content (AvgIpc) is 2.93. The maximum atomic E-state index is 10.8. The van der Waals surface area contributed by atoms with Crippen LogP contribution in [0.5, 0.6) is 0 Å². The van der Waals surface area contributed by atoms with E-state index in [0.29, 0.717) is 15.8 Å². The molecule has 0 spiro atoms. The van der Waals surface area contributed by atoms with Gasteiger partial charge in [-0.25, -0.2) is 14.3 Å². The summed E-state index contributed by atoms with van der Waals surface area (Å²) < 4.78 is 2.11. The van der Waals surface area contributed by atoms with Crippen molar-refractivity contribution in [2.75, 3.05) is 0 Å². The van der Waals surface area contributed by atoms with E-state index >= 15 is 0 Å². The molecule has 0 atom stereocenters. The van der Waals surface area contributed by atoms with Gasteiger partial charge in [0.1, 0.15) is 0 Å². The Kier molecular flexibility index (Phi) is 2.53. The van der Waals surface area contributed by atoms with Crippen LogP contribution in [-0.4, -0.2) is 25.7 Å². The maximum absolute atomic E-state index is 10.8. The smallest absolute Gasteiger partial charge is 0.337 e. The Hall–Kier alpha value is -1.92. The molecule has 0 aliphatic heterocycles. The third-order valence-electron chi connectivity index (χ3n) is 2.37. The minimum atomic E-state index is -0.992. The molecular weight excluding hydrogens is 274 g/mol. The molecule has 0 saturated heterocycles. The van der Waals surface area contributed by atoms with Gasteiger partial charge >= 0.3 is 5.97 Å². The van der Waals surface area contributed by atoms with Gasteiger partial charge in [0.2, 0.25) is 0 Å². The van der Waals surface area contributed by atoms with Crippen molar-refractivity contribution in [2.24, 2.45) is 0 Å². The van der Waals surface area contributed by atoms with Gasteiger partial charge in [0.15, 0.2) is 11.5 Å². The largest absolute Gasteiger partial charge is 0.478 e. The van der Waals surface area contributed by atoms with Crippen LogP contribution in [-0.2, 0) is 0 Å². The molecule has 0 saturated carbocycles.